The summed E-state index contributed by atoms with van der Waals surface area (Å²) in [5.74, 6) is -0.0726. The van der Waals surface area contributed by atoms with Gasteiger partial charge in [-0.3, -0.25) is 4.79 Å². The molecule has 0 aromatic heterocycles. The second-order valence-electron chi connectivity index (χ2n) is 6.25. The monoisotopic (exact) mass is 359 g/mol. The number of rotatable bonds is 4. The summed E-state index contributed by atoms with van der Waals surface area (Å²) in [6.45, 7) is 2.35. The molecule has 1 heterocycles. The van der Waals surface area contributed by atoms with Crippen LogP contribution in [0.25, 0.3) is 0 Å². The summed E-state index contributed by atoms with van der Waals surface area (Å²) in [5, 5.41) is 0. The molecule has 23 heavy (non-hydrogen) atoms. The summed E-state index contributed by atoms with van der Waals surface area (Å²) in [6, 6.07) is 4.96. The van der Waals surface area contributed by atoms with Crippen LogP contribution in [0.2, 0.25) is 0 Å². The van der Waals surface area contributed by atoms with Crippen LogP contribution >= 0.6 is 12.4 Å². The molecule has 8 heteroatoms. The van der Waals surface area contributed by atoms with Gasteiger partial charge in [0.1, 0.15) is 0 Å². The molecule has 3 N–H and O–H groups in total. The largest absolute Gasteiger partial charge is 0.324 e. The molecule has 2 aliphatic rings. The molecule has 1 amide bonds. The van der Waals surface area contributed by atoms with Gasteiger partial charge in [0.05, 0.1) is 4.90 Å². The minimum atomic E-state index is -3.61. The van der Waals surface area contributed by atoms with Gasteiger partial charge >= 0.3 is 0 Å². The fraction of sp³-hybridized carbons (Fsp3) is 0.533. The minimum Gasteiger partial charge on any atom is -0.324 e. The number of hydrogen-bond donors (Lipinski definition) is 2. The molecule has 0 radical (unpaired) electrons. The first-order chi connectivity index (χ1) is 10.3. The van der Waals surface area contributed by atoms with E-state index in [0.717, 1.165) is 31.2 Å². The number of benzene rings is 1. The highest BCUT2D eigenvalue weighted by atomic mass is 35.5. The lowest BCUT2D eigenvalue weighted by atomic mass is 9.78. The number of hydrogen-bond acceptors (Lipinski definition) is 4. The van der Waals surface area contributed by atoms with Crippen molar-refractivity contribution in [3.05, 3.63) is 23.8 Å². The van der Waals surface area contributed by atoms with Crippen LogP contribution in [-0.2, 0) is 21.2 Å². The molecule has 1 aliphatic heterocycles. The van der Waals surface area contributed by atoms with Gasteiger partial charge in [-0.25, -0.2) is 13.1 Å². The SMILES string of the molecule is CC(=O)N1CCc2ccc(S(=O)(=O)NCC3(N)CCC3)cc21.Cl. The molecule has 1 aromatic rings. The molecular formula is C15H22ClN3O3S. The number of carbonyl (C=O) groups is 1. The average molecular weight is 360 g/mol. The van der Waals surface area contributed by atoms with Crippen molar-refractivity contribution < 1.29 is 13.2 Å². The maximum absolute atomic E-state index is 12.4. The summed E-state index contributed by atoms with van der Waals surface area (Å²) < 4.78 is 27.4. The van der Waals surface area contributed by atoms with E-state index >= 15 is 0 Å². The van der Waals surface area contributed by atoms with Crippen molar-refractivity contribution in [3.8, 4) is 0 Å². The van der Waals surface area contributed by atoms with Crippen LogP contribution < -0.4 is 15.4 Å². The highest BCUT2D eigenvalue weighted by molar-refractivity contribution is 7.89. The lowest BCUT2D eigenvalue weighted by Crippen LogP contribution is -2.54. The molecule has 6 nitrogen and oxygen atoms in total. The summed E-state index contributed by atoms with van der Waals surface area (Å²) in [6.07, 6.45) is 3.49. The zero-order chi connectivity index (χ0) is 16.0. The highest BCUT2D eigenvalue weighted by Gasteiger charge is 2.34. The van der Waals surface area contributed by atoms with E-state index in [0.29, 0.717) is 12.2 Å². The number of nitrogens with two attached hydrogens (primary N) is 1. The summed E-state index contributed by atoms with van der Waals surface area (Å²) in [7, 11) is -3.61. The quantitative estimate of drug-likeness (QED) is 0.844. The van der Waals surface area contributed by atoms with Crippen molar-refractivity contribution in [2.45, 2.75) is 43.0 Å². The third kappa shape index (κ3) is 3.52. The molecule has 0 saturated heterocycles. The topological polar surface area (TPSA) is 92.5 Å². The highest BCUT2D eigenvalue weighted by Crippen LogP contribution is 2.31. The number of sulfonamides is 1. The van der Waals surface area contributed by atoms with Crippen LogP contribution in [0.4, 0.5) is 5.69 Å². The first-order valence-electron chi connectivity index (χ1n) is 7.50. The Kier molecular flexibility index (Phi) is 5.06. The Morgan fingerprint density at radius 3 is 2.65 bits per heavy atom. The smallest absolute Gasteiger partial charge is 0.240 e. The number of carbonyl (C=O) groups excluding carboxylic acids is 1. The van der Waals surface area contributed by atoms with E-state index in [-0.39, 0.29) is 29.8 Å². The number of nitrogens with one attached hydrogen (secondary N) is 1. The predicted molar refractivity (Wildman–Crippen MR) is 91.4 cm³/mol. The van der Waals surface area contributed by atoms with Gasteiger partial charge in [0.15, 0.2) is 0 Å². The number of anilines is 1. The molecule has 0 spiro atoms. The van der Waals surface area contributed by atoms with E-state index in [2.05, 4.69) is 4.72 Å². The maximum Gasteiger partial charge on any atom is 0.240 e. The molecule has 0 unspecified atom stereocenters. The third-order valence-electron chi connectivity index (χ3n) is 4.61. The van der Waals surface area contributed by atoms with Gasteiger partial charge in [-0.2, -0.15) is 0 Å². The van der Waals surface area contributed by atoms with Crippen LogP contribution in [-0.4, -0.2) is 33.0 Å². The first kappa shape index (κ1) is 18.2. The Bertz CT molecular complexity index is 717. The van der Waals surface area contributed by atoms with Crippen molar-refractivity contribution >= 4 is 34.0 Å². The molecule has 0 atom stereocenters. The lowest BCUT2D eigenvalue weighted by molar-refractivity contribution is -0.116. The first-order valence-corrected chi connectivity index (χ1v) is 8.99. The lowest BCUT2D eigenvalue weighted by Gasteiger charge is -2.38. The second kappa shape index (κ2) is 6.39. The van der Waals surface area contributed by atoms with Gasteiger partial charge in [0.25, 0.3) is 0 Å². The molecular weight excluding hydrogens is 338 g/mol. The van der Waals surface area contributed by atoms with Crippen LogP contribution in [0.15, 0.2) is 23.1 Å². The van der Waals surface area contributed by atoms with Gasteiger partial charge in [0.2, 0.25) is 15.9 Å². The van der Waals surface area contributed by atoms with Crippen LogP contribution in [0, 0.1) is 0 Å². The van der Waals surface area contributed by atoms with Crippen molar-refractivity contribution in [2.24, 2.45) is 5.73 Å². The van der Waals surface area contributed by atoms with Gasteiger partial charge < -0.3 is 10.6 Å². The van der Waals surface area contributed by atoms with Crippen molar-refractivity contribution in [2.75, 3.05) is 18.0 Å². The fourth-order valence-corrected chi connectivity index (χ4v) is 4.14. The molecule has 3 rings (SSSR count). The van der Waals surface area contributed by atoms with E-state index in [1.54, 1.807) is 23.1 Å². The molecule has 1 saturated carbocycles. The van der Waals surface area contributed by atoms with Gasteiger partial charge in [-0.1, -0.05) is 6.07 Å². The third-order valence-corrected chi connectivity index (χ3v) is 6.01. The Labute approximate surface area is 142 Å². The standard InChI is InChI=1S/C15H21N3O3S.ClH/c1-11(19)18-8-5-12-3-4-13(9-14(12)18)22(20,21)17-10-15(16)6-2-7-15;/h3-4,9,17H,2,5-8,10,16H2,1H3;1H. The van der Waals surface area contributed by atoms with E-state index in [9.17, 15) is 13.2 Å². The van der Waals surface area contributed by atoms with E-state index in [1.165, 1.54) is 6.92 Å². The average Bonchev–Trinajstić information content (AvgIpc) is 2.86. The second-order valence-corrected chi connectivity index (χ2v) is 8.02. The number of amides is 1. The Morgan fingerprint density at radius 1 is 1.39 bits per heavy atom. The molecule has 128 valence electrons. The molecule has 1 fully saturated rings. The van der Waals surface area contributed by atoms with E-state index < -0.39 is 15.6 Å². The normalized spacial score (nSPS) is 18.8. The zero-order valence-corrected chi connectivity index (χ0v) is 14.7. The molecule has 1 aromatic carbocycles. The molecule has 0 bridgehead atoms. The molecule has 1 aliphatic carbocycles. The Morgan fingerprint density at radius 2 is 2.09 bits per heavy atom. The van der Waals surface area contributed by atoms with Gasteiger partial charge in [-0.15, -0.1) is 12.4 Å². The minimum absolute atomic E-state index is 0. The Balaban J connectivity index is 0.00000192. The predicted octanol–water partition coefficient (Wildman–Crippen LogP) is 1.18. The fourth-order valence-electron chi connectivity index (χ4n) is 2.98. The summed E-state index contributed by atoms with van der Waals surface area (Å²) in [4.78, 5) is 13.4. The zero-order valence-electron chi connectivity index (χ0n) is 13.0. The van der Waals surface area contributed by atoms with Gasteiger partial charge in [-0.05, 0) is 43.4 Å². The van der Waals surface area contributed by atoms with Crippen molar-refractivity contribution in [1.29, 1.82) is 0 Å². The summed E-state index contributed by atoms with van der Waals surface area (Å²) >= 11 is 0. The van der Waals surface area contributed by atoms with Crippen molar-refractivity contribution in [1.82, 2.24) is 4.72 Å². The summed E-state index contributed by atoms with van der Waals surface area (Å²) in [5.41, 5.74) is 7.35. The van der Waals surface area contributed by atoms with Crippen LogP contribution in [0.1, 0.15) is 31.7 Å². The van der Waals surface area contributed by atoms with Crippen LogP contribution in [0.5, 0.6) is 0 Å². The number of halogens is 1. The van der Waals surface area contributed by atoms with Gasteiger partial charge in [0, 0.05) is 31.2 Å². The Hall–Kier alpha value is -1.15. The van der Waals surface area contributed by atoms with Crippen molar-refractivity contribution in [3.63, 3.8) is 0 Å². The number of nitrogens with zero attached hydrogens (tertiary/aromatic N) is 1. The van der Waals surface area contributed by atoms with E-state index in [4.69, 9.17) is 5.73 Å². The van der Waals surface area contributed by atoms with E-state index in [1.807, 2.05) is 0 Å². The maximum atomic E-state index is 12.4. The van der Waals surface area contributed by atoms with Crippen LogP contribution in [0.3, 0.4) is 0 Å². The number of fused-ring (bicyclic) bond motifs is 1.